The van der Waals surface area contributed by atoms with E-state index < -0.39 is 0 Å². The minimum atomic E-state index is -0.372. The number of aromatic nitrogens is 2. The van der Waals surface area contributed by atoms with Crippen LogP contribution >= 0.6 is 11.6 Å². The maximum absolute atomic E-state index is 12.9. The molecule has 1 heterocycles. The lowest BCUT2D eigenvalue weighted by atomic mass is 10.2. The number of aromatic amines is 1. The van der Waals surface area contributed by atoms with E-state index in [-0.39, 0.29) is 11.4 Å². The van der Waals surface area contributed by atoms with Crippen molar-refractivity contribution in [3.05, 3.63) is 56.2 Å². The Bertz CT molecular complexity index is 714. The number of H-pyrrole nitrogens is 1. The number of hydrogen-bond donors (Lipinski definition) is 2. The zero-order chi connectivity index (χ0) is 14.1. The second kappa shape index (κ2) is 5.25. The number of benzene rings is 1. The lowest BCUT2D eigenvalue weighted by Crippen LogP contribution is -2.17. The van der Waals surface area contributed by atoms with Crippen molar-refractivity contribution >= 4 is 17.5 Å². The molecule has 0 spiro atoms. The molecule has 2 N–H and O–H groups in total. The zero-order valence-electron chi connectivity index (χ0n) is 10.7. The van der Waals surface area contributed by atoms with E-state index in [0.29, 0.717) is 17.5 Å². The van der Waals surface area contributed by atoms with Crippen molar-refractivity contribution in [1.29, 1.82) is 0 Å². The second-order valence-electron chi connectivity index (χ2n) is 4.78. The third kappa shape index (κ3) is 2.54. The summed E-state index contributed by atoms with van der Waals surface area (Å²) in [5.74, 6) is 0.0545. The molecule has 0 fully saturated rings. The summed E-state index contributed by atoms with van der Waals surface area (Å²) in [6.45, 7) is 0.376. The number of hydrogen-bond acceptors (Lipinski definition) is 3. The third-order valence-corrected chi connectivity index (χ3v) is 3.75. The van der Waals surface area contributed by atoms with Gasteiger partial charge in [0.15, 0.2) is 0 Å². The molecule has 0 atom stereocenters. The van der Waals surface area contributed by atoms with Gasteiger partial charge in [0, 0.05) is 17.1 Å². The highest BCUT2D eigenvalue weighted by atomic mass is 35.5. The number of fused-ring (bicyclic) bond motifs is 1. The van der Waals surface area contributed by atoms with Crippen LogP contribution in [-0.4, -0.2) is 9.97 Å². The first-order valence-electron chi connectivity index (χ1n) is 6.43. The van der Waals surface area contributed by atoms with Crippen LogP contribution in [0, 0.1) is 5.82 Å². The van der Waals surface area contributed by atoms with Gasteiger partial charge in [-0.1, -0.05) is 17.7 Å². The Morgan fingerprint density at radius 3 is 3.05 bits per heavy atom. The molecule has 2 aromatic rings. The average Bonchev–Trinajstić information content (AvgIpc) is 2.86. The number of nitrogens with one attached hydrogen (secondary N) is 2. The highest BCUT2D eigenvalue weighted by molar-refractivity contribution is 6.31. The van der Waals surface area contributed by atoms with Gasteiger partial charge in [-0.15, -0.1) is 0 Å². The summed E-state index contributed by atoms with van der Waals surface area (Å²) in [6.07, 6.45) is 2.60. The van der Waals surface area contributed by atoms with E-state index in [9.17, 15) is 9.18 Å². The number of anilines is 1. The van der Waals surface area contributed by atoms with Gasteiger partial charge in [0.1, 0.15) is 5.82 Å². The minimum absolute atomic E-state index is 0.0831. The molecule has 0 saturated heterocycles. The summed E-state index contributed by atoms with van der Waals surface area (Å²) in [6, 6.07) is 4.22. The van der Waals surface area contributed by atoms with Crippen LogP contribution in [0.15, 0.2) is 23.0 Å². The molecular formula is C14H13ClFN3O. The molecule has 1 aromatic heterocycles. The summed E-state index contributed by atoms with van der Waals surface area (Å²) in [5.41, 5.74) is 2.31. The van der Waals surface area contributed by atoms with Crippen molar-refractivity contribution < 1.29 is 4.39 Å². The highest BCUT2D eigenvalue weighted by Gasteiger charge is 2.16. The van der Waals surface area contributed by atoms with Crippen LogP contribution in [0.4, 0.5) is 10.3 Å². The summed E-state index contributed by atoms with van der Waals surface area (Å²) in [4.78, 5) is 18.9. The molecule has 20 heavy (non-hydrogen) atoms. The van der Waals surface area contributed by atoms with Crippen LogP contribution in [0.2, 0.25) is 5.02 Å². The molecule has 1 aliphatic rings. The molecule has 3 rings (SSSR count). The summed E-state index contributed by atoms with van der Waals surface area (Å²) < 4.78 is 12.9. The standard InChI is InChI=1S/C14H13ClFN3O/c15-11-6-9(16)5-4-8(11)7-17-14-18-12-3-1-2-10(12)13(20)19-14/h4-6H,1-3,7H2,(H2,17,18,19,20). The second-order valence-corrected chi connectivity index (χ2v) is 5.19. The van der Waals surface area contributed by atoms with Crippen LogP contribution in [-0.2, 0) is 19.4 Å². The molecule has 0 unspecified atom stereocenters. The number of rotatable bonds is 3. The Hall–Kier alpha value is -1.88. The van der Waals surface area contributed by atoms with E-state index in [1.54, 1.807) is 6.07 Å². The molecule has 0 amide bonds. The number of halogens is 2. The van der Waals surface area contributed by atoms with Gasteiger partial charge in [0.05, 0.1) is 5.69 Å². The third-order valence-electron chi connectivity index (χ3n) is 3.40. The van der Waals surface area contributed by atoms with Gasteiger partial charge >= 0.3 is 0 Å². The topological polar surface area (TPSA) is 57.8 Å². The quantitative estimate of drug-likeness (QED) is 0.915. The monoisotopic (exact) mass is 293 g/mol. The van der Waals surface area contributed by atoms with Crippen molar-refractivity contribution in [1.82, 2.24) is 9.97 Å². The van der Waals surface area contributed by atoms with Gasteiger partial charge in [0.2, 0.25) is 5.95 Å². The smallest absolute Gasteiger partial charge is 0.255 e. The fourth-order valence-electron chi connectivity index (χ4n) is 2.37. The average molecular weight is 294 g/mol. The lowest BCUT2D eigenvalue weighted by molar-refractivity contribution is 0.627. The van der Waals surface area contributed by atoms with Crippen LogP contribution in [0.5, 0.6) is 0 Å². The number of aryl methyl sites for hydroxylation is 1. The van der Waals surface area contributed by atoms with E-state index in [4.69, 9.17) is 11.6 Å². The Kier molecular flexibility index (Phi) is 3.44. The Balaban J connectivity index is 1.79. The maximum Gasteiger partial charge on any atom is 0.255 e. The normalized spacial score (nSPS) is 13.3. The lowest BCUT2D eigenvalue weighted by Gasteiger charge is -2.08. The van der Waals surface area contributed by atoms with E-state index >= 15 is 0 Å². The first kappa shape index (κ1) is 13.1. The van der Waals surface area contributed by atoms with Gasteiger partial charge in [0.25, 0.3) is 5.56 Å². The van der Waals surface area contributed by atoms with Crippen molar-refractivity contribution in [2.75, 3.05) is 5.32 Å². The SMILES string of the molecule is O=c1[nH]c(NCc2ccc(F)cc2Cl)nc2c1CCC2. The first-order chi connectivity index (χ1) is 9.63. The van der Waals surface area contributed by atoms with Crippen molar-refractivity contribution in [3.63, 3.8) is 0 Å². The molecule has 1 aliphatic carbocycles. The minimum Gasteiger partial charge on any atom is -0.352 e. The van der Waals surface area contributed by atoms with Gasteiger partial charge in [-0.3, -0.25) is 9.78 Å². The van der Waals surface area contributed by atoms with Crippen LogP contribution in [0.3, 0.4) is 0 Å². The molecule has 0 saturated carbocycles. The summed E-state index contributed by atoms with van der Waals surface area (Å²) in [7, 11) is 0. The summed E-state index contributed by atoms with van der Waals surface area (Å²) >= 11 is 5.95. The first-order valence-corrected chi connectivity index (χ1v) is 6.81. The molecule has 0 aliphatic heterocycles. The molecule has 1 aromatic carbocycles. The zero-order valence-corrected chi connectivity index (χ0v) is 11.4. The van der Waals surface area contributed by atoms with Crippen LogP contribution < -0.4 is 10.9 Å². The van der Waals surface area contributed by atoms with E-state index in [2.05, 4.69) is 15.3 Å². The van der Waals surface area contributed by atoms with Crippen molar-refractivity contribution in [2.45, 2.75) is 25.8 Å². The predicted octanol–water partition coefficient (Wildman–Crippen LogP) is 2.66. The molecule has 0 radical (unpaired) electrons. The van der Waals surface area contributed by atoms with Crippen LogP contribution in [0.1, 0.15) is 23.2 Å². The van der Waals surface area contributed by atoms with Gasteiger partial charge < -0.3 is 5.32 Å². The molecule has 104 valence electrons. The molecule has 4 nitrogen and oxygen atoms in total. The number of nitrogens with zero attached hydrogens (tertiary/aromatic N) is 1. The fraction of sp³-hybridized carbons (Fsp3) is 0.286. The van der Waals surface area contributed by atoms with E-state index in [0.717, 1.165) is 36.1 Å². The van der Waals surface area contributed by atoms with Gasteiger partial charge in [-0.05, 0) is 37.0 Å². The summed E-state index contributed by atoms with van der Waals surface area (Å²) in [5, 5.41) is 3.37. The van der Waals surface area contributed by atoms with E-state index in [1.807, 2.05) is 0 Å². The molecule has 0 bridgehead atoms. The van der Waals surface area contributed by atoms with Gasteiger partial charge in [-0.2, -0.15) is 0 Å². The van der Waals surface area contributed by atoms with Crippen molar-refractivity contribution in [3.8, 4) is 0 Å². The Labute approximate surface area is 120 Å². The highest BCUT2D eigenvalue weighted by Crippen LogP contribution is 2.19. The van der Waals surface area contributed by atoms with Gasteiger partial charge in [-0.25, -0.2) is 9.37 Å². The van der Waals surface area contributed by atoms with Crippen LogP contribution in [0.25, 0.3) is 0 Å². The van der Waals surface area contributed by atoms with E-state index in [1.165, 1.54) is 12.1 Å². The predicted molar refractivity (Wildman–Crippen MR) is 75.6 cm³/mol. The molecule has 6 heteroatoms. The largest absolute Gasteiger partial charge is 0.352 e. The Morgan fingerprint density at radius 2 is 2.25 bits per heavy atom. The maximum atomic E-state index is 12.9. The Morgan fingerprint density at radius 1 is 1.40 bits per heavy atom. The molecular weight excluding hydrogens is 281 g/mol. The van der Waals surface area contributed by atoms with Crippen molar-refractivity contribution in [2.24, 2.45) is 0 Å². The fourth-order valence-corrected chi connectivity index (χ4v) is 2.60.